The van der Waals surface area contributed by atoms with E-state index in [9.17, 15) is 0 Å². The van der Waals surface area contributed by atoms with Crippen LogP contribution in [0.15, 0.2) is 23.3 Å². The van der Waals surface area contributed by atoms with Gasteiger partial charge in [-0.3, -0.25) is 0 Å². The fourth-order valence-electron chi connectivity index (χ4n) is 2.30. The van der Waals surface area contributed by atoms with Crippen LogP contribution in [0.2, 0.25) is 12.1 Å². The average Bonchev–Trinajstić information content (AvgIpc) is 2.47. The molecule has 0 radical (unpaired) electrons. The average molecular weight is 188 g/mol. The van der Waals surface area contributed by atoms with E-state index in [2.05, 4.69) is 18.7 Å². The SMILES string of the molecule is C[SiH2]C1C=CC2=C1CCCC2.[NaH]. The van der Waals surface area contributed by atoms with Gasteiger partial charge in [0.25, 0.3) is 0 Å². The van der Waals surface area contributed by atoms with Crippen LogP contribution in [0.25, 0.3) is 0 Å². The van der Waals surface area contributed by atoms with Crippen molar-refractivity contribution in [3.63, 3.8) is 0 Å². The summed E-state index contributed by atoms with van der Waals surface area (Å²) in [4.78, 5) is 0. The molecule has 62 valence electrons. The topological polar surface area (TPSA) is 0 Å². The van der Waals surface area contributed by atoms with Crippen molar-refractivity contribution in [2.75, 3.05) is 0 Å². The molecule has 0 fully saturated rings. The maximum atomic E-state index is 2.46. The van der Waals surface area contributed by atoms with E-state index in [0.717, 1.165) is 5.54 Å². The molecule has 0 aromatic rings. The van der Waals surface area contributed by atoms with Crippen LogP contribution in [0, 0.1) is 0 Å². The number of hydrogen-bond donors (Lipinski definition) is 0. The van der Waals surface area contributed by atoms with E-state index in [1.54, 1.807) is 5.57 Å². The molecule has 0 saturated carbocycles. The predicted molar refractivity (Wildman–Crippen MR) is 59.9 cm³/mol. The first kappa shape index (κ1) is 10.8. The summed E-state index contributed by atoms with van der Waals surface area (Å²) in [5.74, 6) is 0. The zero-order valence-corrected chi connectivity index (χ0v) is 8.68. The van der Waals surface area contributed by atoms with Crippen molar-refractivity contribution < 1.29 is 0 Å². The maximum absolute atomic E-state index is 2.46. The summed E-state index contributed by atoms with van der Waals surface area (Å²) >= 11 is 0. The van der Waals surface area contributed by atoms with Gasteiger partial charge in [-0.2, -0.15) is 0 Å². The second kappa shape index (κ2) is 4.80. The third kappa shape index (κ3) is 1.95. The minimum atomic E-state index is 0. The molecule has 1 atom stereocenters. The summed E-state index contributed by atoms with van der Waals surface area (Å²) in [6, 6.07) is 0. The second-order valence-electron chi connectivity index (χ2n) is 3.63. The van der Waals surface area contributed by atoms with Crippen molar-refractivity contribution in [1.29, 1.82) is 0 Å². The van der Waals surface area contributed by atoms with Gasteiger partial charge >= 0.3 is 29.6 Å². The second-order valence-corrected chi connectivity index (χ2v) is 5.33. The molecule has 1 unspecified atom stereocenters. The molecule has 2 heteroatoms. The van der Waals surface area contributed by atoms with Crippen LogP contribution in [0.3, 0.4) is 0 Å². The zero-order valence-electron chi connectivity index (χ0n) is 7.27. The third-order valence-corrected chi connectivity index (χ3v) is 4.62. The molecule has 0 nitrogen and oxygen atoms in total. The van der Waals surface area contributed by atoms with Gasteiger partial charge < -0.3 is 0 Å². The molecule has 0 heterocycles. The van der Waals surface area contributed by atoms with Crippen LogP contribution in [0.5, 0.6) is 0 Å². The summed E-state index contributed by atoms with van der Waals surface area (Å²) in [5.41, 5.74) is 4.48. The molecular weight excluding hydrogens is 171 g/mol. The molecular formula is C10H17NaSi. The Morgan fingerprint density at radius 2 is 2.08 bits per heavy atom. The fourth-order valence-corrected chi connectivity index (χ4v) is 3.66. The molecule has 0 spiro atoms. The zero-order chi connectivity index (χ0) is 7.68. The Labute approximate surface area is 99.6 Å². The van der Waals surface area contributed by atoms with E-state index >= 15 is 0 Å². The van der Waals surface area contributed by atoms with Gasteiger partial charge in [0.15, 0.2) is 0 Å². The van der Waals surface area contributed by atoms with Crippen molar-refractivity contribution in [3.8, 4) is 0 Å². The van der Waals surface area contributed by atoms with E-state index < -0.39 is 0 Å². The summed E-state index contributed by atoms with van der Waals surface area (Å²) < 4.78 is 0. The van der Waals surface area contributed by atoms with E-state index in [4.69, 9.17) is 0 Å². The molecule has 0 aliphatic heterocycles. The Hall–Kier alpha value is 0.697. The first-order valence-corrected chi connectivity index (χ1v) is 7.05. The van der Waals surface area contributed by atoms with Crippen molar-refractivity contribution in [1.82, 2.24) is 0 Å². The molecule has 2 aliphatic rings. The van der Waals surface area contributed by atoms with Gasteiger partial charge in [0, 0.05) is 9.52 Å². The number of hydrogen-bond acceptors (Lipinski definition) is 0. The monoisotopic (exact) mass is 188 g/mol. The molecule has 0 saturated heterocycles. The van der Waals surface area contributed by atoms with Gasteiger partial charge in [-0.05, 0) is 36.8 Å². The molecule has 0 bridgehead atoms. The van der Waals surface area contributed by atoms with Gasteiger partial charge in [0.1, 0.15) is 0 Å². The van der Waals surface area contributed by atoms with Crippen molar-refractivity contribution in [3.05, 3.63) is 23.3 Å². The van der Waals surface area contributed by atoms with Gasteiger partial charge in [-0.1, -0.05) is 24.3 Å². The first-order chi connectivity index (χ1) is 5.42. The van der Waals surface area contributed by atoms with Crippen LogP contribution < -0.4 is 0 Å². The van der Waals surface area contributed by atoms with E-state index in [1.165, 1.54) is 25.7 Å². The number of allylic oxidation sites excluding steroid dienone is 4. The van der Waals surface area contributed by atoms with Crippen molar-refractivity contribution in [2.24, 2.45) is 0 Å². The summed E-state index contributed by atoms with van der Waals surface area (Å²) in [5, 5.41) is 0. The van der Waals surface area contributed by atoms with Crippen LogP contribution in [-0.4, -0.2) is 39.1 Å². The van der Waals surface area contributed by atoms with Gasteiger partial charge in [-0.15, -0.1) is 0 Å². The first-order valence-electron chi connectivity index (χ1n) is 4.82. The summed E-state index contributed by atoms with van der Waals surface area (Å²) in [6.07, 6.45) is 10.5. The van der Waals surface area contributed by atoms with Crippen LogP contribution in [0.1, 0.15) is 25.7 Å². The normalized spacial score (nSPS) is 27.9. The Morgan fingerprint density at radius 1 is 1.33 bits per heavy atom. The molecule has 0 N–H and O–H groups in total. The molecule has 12 heavy (non-hydrogen) atoms. The Morgan fingerprint density at radius 3 is 2.83 bits per heavy atom. The summed E-state index contributed by atoms with van der Waals surface area (Å²) in [7, 11) is 0.180. The van der Waals surface area contributed by atoms with Crippen LogP contribution in [-0.2, 0) is 0 Å². The van der Waals surface area contributed by atoms with Crippen molar-refractivity contribution in [2.45, 2.75) is 37.8 Å². The quantitative estimate of drug-likeness (QED) is 0.550. The van der Waals surface area contributed by atoms with E-state index in [0.29, 0.717) is 0 Å². The third-order valence-electron chi connectivity index (χ3n) is 2.97. The van der Waals surface area contributed by atoms with Gasteiger partial charge in [-0.25, -0.2) is 0 Å². The molecule has 2 aliphatic carbocycles. The van der Waals surface area contributed by atoms with Gasteiger partial charge in [0.2, 0.25) is 0 Å². The molecule has 0 amide bonds. The van der Waals surface area contributed by atoms with Crippen molar-refractivity contribution >= 4 is 39.1 Å². The molecule has 0 aromatic carbocycles. The minimum absolute atomic E-state index is 0. The fraction of sp³-hybridized carbons (Fsp3) is 0.600. The number of rotatable bonds is 1. The van der Waals surface area contributed by atoms with Crippen LogP contribution >= 0.6 is 0 Å². The Bertz CT molecular complexity index is 218. The van der Waals surface area contributed by atoms with Crippen LogP contribution in [0.4, 0.5) is 0 Å². The molecule has 2 rings (SSSR count). The predicted octanol–water partition coefficient (Wildman–Crippen LogP) is 1.78. The Kier molecular flexibility index (Phi) is 4.31. The Balaban J connectivity index is 0.000000720. The van der Waals surface area contributed by atoms with E-state index in [1.807, 2.05) is 5.57 Å². The standard InChI is InChI=1S/C10H16Si.Na.H/c1-11-10-7-6-8-4-2-3-5-9(8)10;;/h6-7,10H,2-5,11H2,1H3;;. The van der Waals surface area contributed by atoms with Gasteiger partial charge in [0.05, 0.1) is 0 Å². The van der Waals surface area contributed by atoms with E-state index in [-0.39, 0.29) is 39.1 Å². The molecule has 0 aromatic heterocycles. The summed E-state index contributed by atoms with van der Waals surface area (Å²) in [6.45, 7) is 2.43.